The molecule has 2 aromatic carbocycles. The second-order valence-electron chi connectivity index (χ2n) is 8.90. The Hall–Kier alpha value is -2.89. The smallest absolute Gasteiger partial charge is 0.261 e. The number of benzene rings is 2. The maximum Gasteiger partial charge on any atom is 0.261 e. The van der Waals surface area contributed by atoms with E-state index in [-0.39, 0.29) is 36.8 Å². The fourth-order valence-electron chi connectivity index (χ4n) is 4.35. The summed E-state index contributed by atoms with van der Waals surface area (Å²) in [5.41, 5.74) is 2.83. The molecule has 2 amide bonds. The fourth-order valence-corrected chi connectivity index (χ4v) is 4.35. The van der Waals surface area contributed by atoms with Crippen molar-refractivity contribution >= 4 is 11.8 Å². The number of nitrogens with zero attached hydrogens (tertiary/aromatic N) is 1. The zero-order valence-electron chi connectivity index (χ0n) is 19.9. The first-order chi connectivity index (χ1) is 15.9. The molecule has 1 fully saturated rings. The van der Waals surface area contributed by atoms with Gasteiger partial charge in [0.2, 0.25) is 5.91 Å². The van der Waals surface area contributed by atoms with Gasteiger partial charge in [0.1, 0.15) is 17.6 Å². The molecule has 1 atom stereocenters. The summed E-state index contributed by atoms with van der Waals surface area (Å²) in [6.45, 7) is 5.90. The van der Waals surface area contributed by atoms with Gasteiger partial charge in [-0.05, 0) is 68.0 Å². The van der Waals surface area contributed by atoms with Crippen LogP contribution < -0.4 is 10.1 Å². The molecule has 0 saturated heterocycles. The van der Waals surface area contributed by atoms with Crippen molar-refractivity contribution < 1.29 is 18.7 Å². The Kier molecular flexibility index (Phi) is 8.87. The molecule has 0 aromatic heterocycles. The predicted octanol–water partition coefficient (Wildman–Crippen LogP) is 5.08. The molecule has 33 heavy (non-hydrogen) atoms. The van der Waals surface area contributed by atoms with Gasteiger partial charge in [-0.3, -0.25) is 9.59 Å². The van der Waals surface area contributed by atoms with Crippen molar-refractivity contribution in [3.8, 4) is 5.75 Å². The van der Waals surface area contributed by atoms with E-state index in [1.54, 1.807) is 17.0 Å². The van der Waals surface area contributed by atoms with Crippen LogP contribution >= 0.6 is 0 Å². The molecule has 1 aliphatic carbocycles. The Bertz CT molecular complexity index is 939. The van der Waals surface area contributed by atoms with Crippen molar-refractivity contribution in [1.29, 1.82) is 0 Å². The SMILES string of the molecule is CC[C@H](C(=O)NC1CCCCC1)N(Cc1ccc(F)cc1)C(=O)COc1cccc(C)c1C. The highest BCUT2D eigenvalue weighted by molar-refractivity contribution is 5.88. The summed E-state index contributed by atoms with van der Waals surface area (Å²) in [6.07, 6.45) is 5.87. The summed E-state index contributed by atoms with van der Waals surface area (Å²) >= 11 is 0. The summed E-state index contributed by atoms with van der Waals surface area (Å²) in [5, 5.41) is 3.16. The lowest BCUT2D eigenvalue weighted by atomic mass is 9.95. The maximum atomic E-state index is 13.4. The van der Waals surface area contributed by atoms with Gasteiger partial charge in [-0.15, -0.1) is 0 Å². The molecule has 178 valence electrons. The molecule has 0 bridgehead atoms. The van der Waals surface area contributed by atoms with E-state index in [9.17, 15) is 14.0 Å². The van der Waals surface area contributed by atoms with Crippen LogP contribution in [0.4, 0.5) is 4.39 Å². The van der Waals surface area contributed by atoms with E-state index < -0.39 is 6.04 Å². The number of carbonyl (C=O) groups excluding carboxylic acids is 2. The van der Waals surface area contributed by atoms with E-state index in [1.807, 2.05) is 39.0 Å². The van der Waals surface area contributed by atoms with Gasteiger partial charge in [-0.2, -0.15) is 0 Å². The molecule has 0 spiro atoms. The van der Waals surface area contributed by atoms with E-state index in [0.717, 1.165) is 42.4 Å². The number of amides is 2. The van der Waals surface area contributed by atoms with Gasteiger partial charge >= 0.3 is 0 Å². The van der Waals surface area contributed by atoms with Gasteiger partial charge in [0.25, 0.3) is 5.91 Å². The molecule has 0 aliphatic heterocycles. The van der Waals surface area contributed by atoms with Crippen molar-refractivity contribution in [2.45, 2.75) is 77.9 Å². The van der Waals surface area contributed by atoms with E-state index in [2.05, 4.69) is 5.32 Å². The third-order valence-electron chi connectivity index (χ3n) is 6.51. The third-order valence-corrected chi connectivity index (χ3v) is 6.51. The summed E-state index contributed by atoms with van der Waals surface area (Å²) in [4.78, 5) is 28.1. The monoisotopic (exact) mass is 454 g/mol. The largest absolute Gasteiger partial charge is 0.483 e. The highest BCUT2D eigenvalue weighted by atomic mass is 19.1. The first-order valence-corrected chi connectivity index (χ1v) is 11.9. The van der Waals surface area contributed by atoms with Crippen LogP contribution in [0.5, 0.6) is 5.75 Å². The number of halogens is 1. The van der Waals surface area contributed by atoms with Crippen LogP contribution in [0, 0.1) is 19.7 Å². The molecule has 0 heterocycles. The standard InChI is InChI=1S/C27H35FN2O3/c1-4-24(27(32)29-23-10-6-5-7-11-23)30(17-21-13-15-22(28)16-14-21)26(31)18-33-25-12-8-9-19(2)20(25)3/h8-9,12-16,23-24H,4-7,10-11,17-18H2,1-3H3,(H,29,32)/t24-/m1/s1. The maximum absolute atomic E-state index is 13.4. The number of aryl methyl sites for hydroxylation is 1. The van der Waals surface area contributed by atoms with Gasteiger partial charge in [0, 0.05) is 12.6 Å². The Morgan fingerprint density at radius 3 is 2.45 bits per heavy atom. The molecule has 0 radical (unpaired) electrons. The minimum atomic E-state index is -0.619. The summed E-state index contributed by atoms with van der Waals surface area (Å²) in [5.74, 6) is -0.0840. The summed E-state index contributed by atoms with van der Waals surface area (Å²) in [6, 6.07) is 11.3. The molecule has 5 nitrogen and oxygen atoms in total. The van der Waals surface area contributed by atoms with Crippen molar-refractivity contribution in [2.24, 2.45) is 0 Å². The molecular formula is C27H35FN2O3. The van der Waals surface area contributed by atoms with Gasteiger partial charge in [0.15, 0.2) is 6.61 Å². The normalized spacial score (nSPS) is 15.0. The second-order valence-corrected chi connectivity index (χ2v) is 8.90. The number of rotatable bonds is 9. The van der Waals surface area contributed by atoms with Crippen LogP contribution in [0.2, 0.25) is 0 Å². The molecule has 2 aromatic rings. The van der Waals surface area contributed by atoms with E-state index >= 15 is 0 Å². The molecule has 6 heteroatoms. The fraction of sp³-hybridized carbons (Fsp3) is 0.481. The van der Waals surface area contributed by atoms with Gasteiger partial charge in [0.05, 0.1) is 0 Å². The van der Waals surface area contributed by atoms with Gasteiger partial charge < -0.3 is 15.0 Å². The molecule has 0 unspecified atom stereocenters. The first kappa shape index (κ1) is 24.7. The number of carbonyl (C=O) groups is 2. The lowest BCUT2D eigenvalue weighted by Crippen LogP contribution is -2.52. The lowest BCUT2D eigenvalue weighted by molar-refractivity contribution is -0.143. The van der Waals surface area contributed by atoms with Crippen LogP contribution in [-0.2, 0) is 16.1 Å². The van der Waals surface area contributed by atoms with Crippen LogP contribution in [0.15, 0.2) is 42.5 Å². The highest BCUT2D eigenvalue weighted by Crippen LogP contribution is 2.22. The Morgan fingerprint density at radius 2 is 1.79 bits per heavy atom. The number of nitrogens with one attached hydrogen (secondary N) is 1. The quantitative estimate of drug-likeness (QED) is 0.575. The minimum Gasteiger partial charge on any atom is -0.483 e. The molecular weight excluding hydrogens is 419 g/mol. The molecule has 3 rings (SSSR count). The van der Waals surface area contributed by atoms with Crippen LogP contribution in [0.1, 0.15) is 62.1 Å². The second kappa shape index (κ2) is 11.8. The van der Waals surface area contributed by atoms with E-state index in [0.29, 0.717) is 12.2 Å². The van der Waals surface area contributed by atoms with Crippen molar-refractivity contribution in [3.63, 3.8) is 0 Å². The van der Waals surface area contributed by atoms with Gasteiger partial charge in [-0.25, -0.2) is 4.39 Å². The average Bonchev–Trinajstić information content (AvgIpc) is 2.81. The number of hydrogen-bond donors (Lipinski definition) is 1. The van der Waals surface area contributed by atoms with Gasteiger partial charge in [-0.1, -0.05) is 50.5 Å². The summed E-state index contributed by atoms with van der Waals surface area (Å²) in [7, 11) is 0. The molecule has 1 aliphatic rings. The van der Waals surface area contributed by atoms with Crippen molar-refractivity contribution in [1.82, 2.24) is 10.2 Å². The Labute approximate surface area is 196 Å². The lowest BCUT2D eigenvalue weighted by Gasteiger charge is -2.32. The first-order valence-electron chi connectivity index (χ1n) is 11.9. The molecule has 1 saturated carbocycles. The summed E-state index contributed by atoms with van der Waals surface area (Å²) < 4.78 is 19.3. The topological polar surface area (TPSA) is 58.6 Å². The Balaban J connectivity index is 1.77. The minimum absolute atomic E-state index is 0.133. The number of ether oxygens (including phenoxy) is 1. The number of hydrogen-bond acceptors (Lipinski definition) is 3. The van der Waals surface area contributed by atoms with Crippen LogP contribution in [0.3, 0.4) is 0 Å². The average molecular weight is 455 g/mol. The van der Waals surface area contributed by atoms with E-state index in [4.69, 9.17) is 4.74 Å². The Morgan fingerprint density at radius 1 is 1.09 bits per heavy atom. The third kappa shape index (κ3) is 6.80. The highest BCUT2D eigenvalue weighted by Gasteiger charge is 2.30. The zero-order chi connectivity index (χ0) is 23.8. The van der Waals surface area contributed by atoms with Crippen molar-refractivity contribution in [3.05, 3.63) is 65.0 Å². The molecule has 1 N–H and O–H groups in total. The van der Waals surface area contributed by atoms with E-state index in [1.165, 1.54) is 18.6 Å². The van der Waals surface area contributed by atoms with Crippen LogP contribution in [0.25, 0.3) is 0 Å². The van der Waals surface area contributed by atoms with Crippen LogP contribution in [-0.4, -0.2) is 35.4 Å². The zero-order valence-corrected chi connectivity index (χ0v) is 19.9. The van der Waals surface area contributed by atoms with Crippen molar-refractivity contribution in [2.75, 3.05) is 6.61 Å². The predicted molar refractivity (Wildman–Crippen MR) is 127 cm³/mol.